The van der Waals surface area contributed by atoms with Gasteiger partial charge in [-0.2, -0.15) is 0 Å². The summed E-state index contributed by atoms with van der Waals surface area (Å²) in [6.45, 7) is 1.35. The second-order valence-electron chi connectivity index (χ2n) is 6.76. The van der Waals surface area contributed by atoms with Crippen molar-refractivity contribution in [1.29, 1.82) is 0 Å². The van der Waals surface area contributed by atoms with E-state index in [1.807, 2.05) is 23.1 Å². The number of likely N-dealkylation sites (tertiary alicyclic amines) is 1. The van der Waals surface area contributed by atoms with Crippen molar-refractivity contribution in [2.24, 2.45) is 5.92 Å². The third-order valence-corrected chi connectivity index (χ3v) is 5.19. The van der Waals surface area contributed by atoms with E-state index in [1.165, 1.54) is 12.8 Å². The Labute approximate surface area is 143 Å². The number of ether oxygens (including phenoxy) is 1. The standard InChI is InChI=1S/C19H26N2O3/c1-24-17-9-5-4-8-16(17)19(23)21-12-10-15(11-13-21)20-18(22)14-6-2-3-7-14/h4-5,8-9,14-15H,2-3,6-7,10-13H2,1H3,(H,20,22). The van der Waals surface area contributed by atoms with Gasteiger partial charge in [-0.15, -0.1) is 0 Å². The van der Waals surface area contributed by atoms with Gasteiger partial charge in [0.05, 0.1) is 12.7 Å². The van der Waals surface area contributed by atoms with Crippen molar-refractivity contribution in [1.82, 2.24) is 10.2 Å². The summed E-state index contributed by atoms with van der Waals surface area (Å²) in [6.07, 6.45) is 6.03. The van der Waals surface area contributed by atoms with E-state index in [0.29, 0.717) is 24.4 Å². The highest BCUT2D eigenvalue weighted by Crippen LogP contribution is 2.26. The molecule has 3 rings (SSSR count). The number of hydrogen-bond acceptors (Lipinski definition) is 3. The minimum atomic E-state index is 0.00743. The van der Waals surface area contributed by atoms with Crippen molar-refractivity contribution in [3.63, 3.8) is 0 Å². The summed E-state index contributed by atoms with van der Waals surface area (Å²) in [5, 5.41) is 3.18. The molecule has 2 fully saturated rings. The lowest BCUT2D eigenvalue weighted by molar-refractivity contribution is -0.125. The molecule has 0 radical (unpaired) electrons. The summed E-state index contributed by atoms with van der Waals surface area (Å²) in [5.74, 6) is 1.03. The molecule has 0 aromatic heterocycles. The van der Waals surface area contributed by atoms with Crippen LogP contribution in [-0.4, -0.2) is 43.0 Å². The number of piperidine rings is 1. The second kappa shape index (κ2) is 7.69. The molecule has 2 amide bonds. The van der Waals surface area contributed by atoms with E-state index in [-0.39, 0.29) is 23.8 Å². The van der Waals surface area contributed by atoms with Crippen LogP contribution in [0.1, 0.15) is 48.9 Å². The molecule has 1 heterocycles. The number of benzene rings is 1. The van der Waals surface area contributed by atoms with Gasteiger partial charge in [0.2, 0.25) is 5.91 Å². The third kappa shape index (κ3) is 3.71. The van der Waals surface area contributed by atoms with E-state index in [1.54, 1.807) is 13.2 Å². The first-order valence-electron chi connectivity index (χ1n) is 8.91. The monoisotopic (exact) mass is 330 g/mol. The smallest absolute Gasteiger partial charge is 0.257 e. The summed E-state index contributed by atoms with van der Waals surface area (Å²) in [7, 11) is 1.58. The van der Waals surface area contributed by atoms with Crippen LogP contribution in [0.15, 0.2) is 24.3 Å². The van der Waals surface area contributed by atoms with Gasteiger partial charge in [-0.1, -0.05) is 25.0 Å². The molecule has 130 valence electrons. The highest BCUT2D eigenvalue weighted by Gasteiger charge is 2.28. The SMILES string of the molecule is COc1ccccc1C(=O)N1CCC(NC(=O)C2CCCC2)CC1. The first kappa shape index (κ1) is 16.8. The van der Waals surface area contributed by atoms with E-state index in [9.17, 15) is 9.59 Å². The molecule has 1 aliphatic carbocycles. The molecule has 1 saturated carbocycles. The Kier molecular flexibility index (Phi) is 5.38. The molecule has 2 aliphatic rings. The molecule has 1 aromatic rings. The molecule has 1 aliphatic heterocycles. The fourth-order valence-corrected chi connectivity index (χ4v) is 3.73. The maximum atomic E-state index is 12.7. The minimum Gasteiger partial charge on any atom is -0.496 e. The summed E-state index contributed by atoms with van der Waals surface area (Å²) in [6, 6.07) is 7.52. The number of carbonyl (C=O) groups excluding carboxylic acids is 2. The second-order valence-corrected chi connectivity index (χ2v) is 6.76. The highest BCUT2D eigenvalue weighted by atomic mass is 16.5. The molecule has 0 atom stereocenters. The lowest BCUT2D eigenvalue weighted by atomic mass is 10.0. The molecule has 1 saturated heterocycles. The molecule has 1 N–H and O–H groups in total. The number of nitrogens with zero attached hydrogens (tertiary/aromatic N) is 1. The molecular weight excluding hydrogens is 304 g/mol. The average molecular weight is 330 g/mol. The van der Waals surface area contributed by atoms with Crippen molar-refractivity contribution >= 4 is 11.8 Å². The van der Waals surface area contributed by atoms with Crippen molar-refractivity contribution in [2.45, 2.75) is 44.6 Å². The predicted octanol–water partition coefficient (Wildman–Crippen LogP) is 2.61. The Hall–Kier alpha value is -2.04. The molecule has 5 heteroatoms. The largest absolute Gasteiger partial charge is 0.496 e. The van der Waals surface area contributed by atoms with Crippen molar-refractivity contribution in [3.8, 4) is 5.75 Å². The van der Waals surface area contributed by atoms with Gasteiger partial charge in [0.25, 0.3) is 5.91 Å². The summed E-state index contributed by atoms with van der Waals surface area (Å²) < 4.78 is 5.28. The van der Waals surface area contributed by atoms with E-state index in [4.69, 9.17) is 4.74 Å². The first-order chi connectivity index (χ1) is 11.7. The van der Waals surface area contributed by atoms with Crippen LogP contribution < -0.4 is 10.1 Å². The Morgan fingerprint density at radius 3 is 2.42 bits per heavy atom. The van der Waals surface area contributed by atoms with Crippen LogP contribution in [0.4, 0.5) is 0 Å². The lowest BCUT2D eigenvalue weighted by Gasteiger charge is -2.33. The molecule has 0 bridgehead atoms. The van der Waals surface area contributed by atoms with E-state index in [2.05, 4.69) is 5.32 Å². The number of amides is 2. The number of para-hydroxylation sites is 1. The fraction of sp³-hybridized carbons (Fsp3) is 0.579. The van der Waals surface area contributed by atoms with Gasteiger partial charge in [0, 0.05) is 25.0 Å². The quantitative estimate of drug-likeness (QED) is 0.923. The van der Waals surface area contributed by atoms with Gasteiger partial charge >= 0.3 is 0 Å². The lowest BCUT2D eigenvalue weighted by Crippen LogP contribution is -2.47. The van der Waals surface area contributed by atoms with E-state index >= 15 is 0 Å². The predicted molar refractivity (Wildman–Crippen MR) is 92.0 cm³/mol. The molecular formula is C19H26N2O3. The molecule has 0 unspecified atom stereocenters. The van der Waals surface area contributed by atoms with Gasteiger partial charge in [0.15, 0.2) is 0 Å². The van der Waals surface area contributed by atoms with Gasteiger partial charge in [-0.3, -0.25) is 9.59 Å². The third-order valence-electron chi connectivity index (χ3n) is 5.19. The van der Waals surface area contributed by atoms with Crippen molar-refractivity contribution in [2.75, 3.05) is 20.2 Å². The van der Waals surface area contributed by atoms with Crippen LogP contribution >= 0.6 is 0 Å². The van der Waals surface area contributed by atoms with Crippen LogP contribution in [0, 0.1) is 5.92 Å². The number of nitrogens with one attached hydrogen (secondary N) is 1. The van der Waals surface area contributed by atoms with Crippen LogP contribution in [0.5, 0.6) is 5.75 Å². The van der Waals surface area contributed by atoms with Gasteiger partial charge in [-0.05, 0) is 37.8 Å². The summed E-state index contributed by atoms with van der Waals surface area (Å²) in [5.41, 5.74) is 0.605. The molecule has 0 spiro atoms. The van der Waals surface area contributed by atoms with Gasteiger partial charge in [0.1, 0.15) is 5.75 Å². The normalized spacial score (nSPS) is 19.3. The van der Waals surface area contributed by atoms with Gasteiger partial charge < -0.3 is 15.0 Å². The number of methoxy groups -OCH3 is 1. The number of rotatable bonds is 4. The van der Waals surface area contributed by atoms with Crippen molar-refractivity contribution < 1.29 is 14.3 Å². The van der Waals surface area contributed by atoms with E-state index < -0.39 is 0 Å². The van der Waals surface area contributed by atoms with Gasteiger partial charge in [-0.25, -0.2) is 0 Å². The topological polar surface area (TPSA) is 58.6 Å². The summed E-state index contributed by atoms with van der Waals surface area (Å²) >= 11 is 0. The number of carbonyl (C=O) groups is 2. The van der Waals surface area contributed by atoms with Crippen LogP contribution in [0.2, 0.25) is 0 Å². The molecule has 24 heavy (non-hydrogen) atoms. The zero-order valence-corrected chi connectivity index (χ0v) is 14.3. The Balaban J connectivity index is 1.53. The fourth-order valence-electron chi connectivity index (χ4n) is 3.73. The van der Waals surface area contributed by atoms with Crippen LogP contribution in [0.3, 0.4) is 0 Å². The number of hydrogen-bond donors (Lipinski definition) is 1. The Morgan fingerprint density at radius 2 is 1.75 bits per heavy atom. The average Bonchev–Trinajstić information content (AvgIpc) is 3.16. The zero-order chi connectivity index (χ0) is 16.9. The Bertz CT molecular complexity index is 588. The Morgan fingerprint density at radius 1 is 1.08 bits per heavy atom. The zero-order valence-electron chi connectivity index (χ0n) is 14.3. The summed E-state index contributed by atoms with van der Waals surface area (Å²) in [4.78, 5) is 26.8. The van der Waals surface area contributed by atoms with Crippen molar-refractivity contribution in [3.05, 3.63) is 29.8 Å². The highest BCUT2D eigenvalue weighted by molar-refractivity contribution is 5.97. The maximum absolute atomic E-state index is 12.7. The van der Waals surface area contributed by atoms with Crippen LogP contribution in [-0.2, 0) is 4.79 Å². The first-order valence-corrected chi connectivity index (χ1v) is 8.91. The van der Waals surface area contributed by atoms with E-state index in [0.717, 1.165) is 25.7 Å². The van der Waals surface area contributed by atoms with Crippen LogP contribution in [0.25, 0.3) is 0 Å². The maximum Gasteiger partial charge on any atom is 0.257 e. The molecule has 1 aromatic carbocycles. The minimum absolute atomic E-state index is 0.00743. The molecule has 5 nitrogen and oxygen atoms in total.